The third kappa shape index (κ3) is 5.62. The highest BCUT2D eigenvalue weighted by atomic mass is 32.1. The van der Waals surface area contributed by atoms with E-state index in [1.807, 2.05) is 41.7 Å². The van der Waals surface area contributed by atoms with Gasteiger partial charge in [0.15, 0.2) is 0 Å². The van der Waals surface area contributed by atoms with Crippen molar-refractivity contribution in [2.45, 2.75) is 44.4 Å². The summed E-state index contributed by atoms with van der Waals surface area (Å²) in [6.45, 7) is 3.93. The number of carbonyl (C=O) groups excluding carboxylic acids is 1. The molecule has 1 saturated heterocycles. The van der Waals surface area contributed by atoms with E-state index in [2.05, 4.69) is 84.6 Å². The number of fused-ring (bicyclic) bond motifs is 4. The Kier molecular flexibility index (Phi) is 8.13. The molecular formula is C38H36N2O4S. The van der Waals surface area contributed by atoms with Gasteiger partial charge in [0, 0.05) is 41.7 Å². The zero-order valence-electron chi connectivity index (χ0n) is 25.3. The molecule has 4 aromatic carbocycles. The molecule has 0 saturated carbocycles. The Morgan fingerprint density at radius 2 is 1.51 bits per heavy atom. The number of hydrogen-bond acceptors (Lipinski definition) is 5. The van der Waals surface area contributed by atoms with Gasteiger partial charge in [0.25, 0.3) is 0 Å². The van der Waals surface area contributed by atoms with Crippen LogP contribution in [0, 0.1) is 0 Å². The Morgan fingerprint density at radius 1 is 0.867 bits per heavy atom. The summed E-state index contributed by atoms with van der Waals surface area (Å²) in [5, 5.41) is 11.4. The number of amides is 1. The number of aryl methyl sites for hydroxylation is 1. The fraction of sp³-hybridized carbons (Fsp3) is 0.263. The maximum absolute atomic E-state index is 14.1. The van der Waals surface area contributed by atoms with Gasteiger partial charge in [-0.1, -0.05) is 104 Å². The molecule has 7 heteroatoms. The van der Waals surface area contributed by atoms with Crippen LogP contribution < -0.4 is 0 Å². The molecule has 1 amide bonds. The molecule has 228 valence electrons. The monoisotopic (exact) mass is 616 g/mol. The number of hydrogen-bond donors (Lipinski definition) is 1. The van der Waals surface area contributed by atoms with Crippen LogP contribution in [0.15, 0.2) is 103 Å². The Hall–Kier alpha value is -4.46. The number of rotatable bonds is 8. The van der Waals surface area contributed by atoms with E-state index < -0.39 is 24.2 Å². The summed E-state index contributed by atoms with van der Waals surface area (Å²) in [5.41, 5.74) is 7.05. The lowest BCUT2D eigenvalue weighted by molar-refractivity contribution is -0.158. The van der Waals surface area contributed by atoms with Crippen LogP contribution in [-0.4, -0.2) is 52.6 Å². The second-order valence-corrected chi connectivity index (χ2v) is 13.0. The Bertz CT molecular complexity index is 1810. The van der Waals surface area contributed by atoms with E-state index in [1.54, 1.807) is 0 Å². The lowest BCUT2D eigenvalue weighted by Gasteiger charge is -2.39. The van der Waals surface area contributed by atoms with Crippen LogP contribution in [0.4, 0.5) is 4.79 Å². The van der Waals surface area contributed by atoms with Gasteiger partial charge in [0.05, 0.1) is 0 Å². The van der Waals surface area contributed by atoms with E-state index in [9.17, 15) is 14.7 Å². The second-order valence-electron chi connectivity index (χ2n) is 11.9. The van der Waals surface area contributed by atoms with Crippen LogP contribution in [0.1, 0.15) is 52.5 Å². The zero-order valence-corrected chi connectivity index (χ0v) is 26.1. The number of esters is 1. The molecule has 1 fully saturated rings. The highest BCUT2D eigenvalue weighted by Crippen LogP contribution is 2.48. The van der Waals surface area contributed by atoms with E-state index in [0.717, 1.165) is 12.0 Å². The van der Waals surface area contributed by atoms with Crippen molar-refractivity contribution in [1.82, 2.24) is 9.80 Å². The van der Waals surface area contributed by atoms with Gasteiger partial charge in [-0.25, -0.2) is 9.59 Å². The number of ether oxygens (including phenoxy) is 1. The lowest BCUT2D eigenvalue weighted by atomic mass is 9.89. The maximum atomic E-state index is 14.1. The highest BCUT2D eigenvalue weighted by molar-refractivity contribution is 7.19. The van der Waals surface area contributed by atoms with E-state index in [1.165, 1.54) is 47.7 Å². The molecule has 2 heterocycles. The normalized spacial score (nSPS) is 17.2. The first kappa shape index (κ1) is 29.3. The number of carboxylic acid groups (broad SMARTS) is 1. The third-order valence-corrected chi connectivity index (χ3v) is 10.7. The summed E-state index contributed by atoms with van der Waals surface area (Å²) >= 11 is 1.81. The van der Waals surface area contributed by atoms with Gasteiger partial charge in [0.1, 0.15) is 12.1 Å². The van der Waals surface area contributed by atoms with Crippen molar-refractivity contribution in [3.05, 3.63) is 130 Å². The van der Waals surface area contributed by atoms with Crippen molar-refractivity contribution in [3.8, 4) is 11.1 Å². The number of piperazine rings is 1. The second kappa shape index (κ2) is 12.5. The van der Waals surface area contributed by atoms with Gasteiger partial charge in [-0.05, 0) is 57.7 Å². The van der Waals surface area contributed by atoms with Gasteiger partial charge in [-0.15, -0.1) is 11.3 Å². The van der Waals surface area contributed by atoms with E-state index in [0.29, 0.717) is 19.5 Å². The van der Waals surface area contributed by atoms with Crippen LogP contribution in [0.5, 0.6) is 0 Å². The molecule has 7 rings (SSSR count). The lowest BCUT2D eigenvalue weighted by Crippen LogP contribution is -2.58. The Balaban J connectivity index is 1.16. The summed E-state index contributed by atoms with van der Waals surface area (Å²) in [6.07, 6.45) is -0.140. The topological polar surface area (TPSA) is 70.1 Å². The number of nitrogens with zero attached hydrogens (tertiary/aromatic N) is 2. The predicted octanol–water partition coefficient (Wildman–Crippen LogP) is 8.12. The summed E-state index contributed by atoms with van der Waals surface area (Å²) in [4.78, 5) is 31.3. The van der Waals surface area contributed by atoms with E-state index in [4.69, 9.17) is 4.74 Å². The largest absolute Gasteiger partial charge is 0.465 e. The molecule has 1 aliphatic carbocycles. The number of carbonyl (C=O) groups is 2. The highest BCUT2D eigenvalue weighted by Gasteiger charge is 2.39. The molecule has 2 unspecified atom stereocenters. The SMILES string of the molecule is CCc1sc2ccccc2c1CN1CCN(C(=O)O)C(C(=O)OC(CC2c3ccccc3-c3ccccc32)c2ccccc2)C1. The Labute approximate surface area is 267 Å². The van der Waals surface area contributed by atoms with Crippen molar-refractivity contribution in [2.24, 2.45) is 0 Å². The van der Waals surface area contributed by atoms with Crippen LogP contribution in [0.25, 0.3) is 21.2 Å². The minimum Gasteiger partial charge on any atom is -0.465 e. The molecule has 5 aromatic rings. The number of benzene rings is 4. The van der Waals surface area contributed by atoms with Crippen molar-refractivity contribution in [3.63, 3.8) is 0 Å². The molecule has 1 aromatic heterocycles. The summed E-state index contributed by atoms with van der Waals surface area (Å²) in [7, 11) is 0. The van der Waals surface area contributed by atoms with E-state index >= 15 is 0 Å². The zero-order chi connectivity index (χ0) is 30.9. The van der Waals surface area contributed by atoms with Gasteiger partial charge in [-0.3, -0.25) is 9.80 Å². The van der Waals surface area contributed by atoms with Crippen LogP contribution in [0.2, 0.25) is 0 Å². The standard InChI is InChI=1S/C38H36N2O4S/c1-2-35-32(30-18-10-11-19-36(30)45-35)23-39-20-21-40(38(42)43)33(24-39)37(41)44-34(25-12-4-3-5-13-25)22-31-28-16-8-6-14-26(28)27-15-7-9-17-29(27)31/h3-19,31,33-34H,2,20-24H2,1H3,(H,42,43). The van der Waals surface area contributed by atoms with Crippen molar-refractivity contribution in [2.75, 3.05) is 19.6 Å². The fourth-order valence-corrected chi connectivity index (χ4v) is 8.27. The minimum atomic E-state index is -1.10. The fourth-order valence-electron chi connectivity index (χ4n) is 7.11. The summed E-state index contributed by atoms with van der Waals surface area (Å²) in [5.74, 6) is -0.449. The minimum absolute atomic E-state index is 0.0492. The maximum Gasteiger partial charge on any atom is 0.408 e. The Morgan fingerprint density at radius 3 is 2.20 bits per heavy atom. The molecule has 6 nitrogen and oxygen atoms in total. The molecule has 0 spiro atoms. The molecule has 2 atom stereocenters. The summed E-state index contributed by atoms with van der Waals surface area (Å²) < 4.78 is 7.63. The first-order chi connectivity index (χ1) is 22.0. The third-order valence-electron chi connectivity index (χ3n) is 9.31. The van der Waals surface area contributed by atoms with Gasteiger partial charge in [0.2, 0.25) is 0 Å². The summed E-state index contributed by atoms with van der Waals surface area (Å²) in [6, 6.07) is 34.2. The van der Waals surface area contributed by atoms with Crippen molar-refractivity contribution < 1.29 is 19.4 Å². The molecule has 0 bridgehead atoms. The van der Waals surface area contributed by atoms with Crippen LogP contribution in [0.3, 0.4) is 0 Å². The van der Waals surface area contributed by atoms with Gasteiger partial charge >= 0.3 is 12.1 Å². The average molecular weight is 617 g/mol. The molecule has 0 radical (unpaired) electrons. The first-order valence-corrected chi connectivity index (χ1v) is 16.5. The number of thiophene rings is 1. The average Bonchev–Trinajstić information content (AvgIpc) is 3.59. The van der Waals surface area contributed by atoms with E-state index in [-0.39, 0.29) is 19.0 Å². The molecule has 45 heavy (non-hydrogen) atoms. The van der Waals surface area contributed by atoms with Crippen molar-refractivity contribution >= 4 is 33.5 Å². The predicted molar refractivity (Wildman–Crippen MR) is 179 cm³/mol. The van der Waals surface area contributed by atoms with Crippen LogP contribution >= 0.6 is 11.3 Å². The molecule has 2 aliphatic rings. The van der Waals surface area contributed by atoms with Gasteiger partial charge in [-0.2, -0.15) is 0 Å². The smallest absolute Gasteiger partial charge is 0.408 e. The quantitative estimate of drug-likeness (QED) is 0.178. The van der Waals surface area contributed by atoms with Crippen molar-refractivity contribution in [1.29, 1.82) is 0 Å². The van der Waals surface area contributed by atoms with Crippen LogP contribution in [-0.2, 0) is 22.5 Å². The molecular weight excluding hydrogens is 580 g/mol. The first-order valence-electron chi connectivity index (χ1n) is 15.7. The molecule has 1 N–H and O–H groups in total. The van der Waals surface area contributed by atoms with Gasteiger partial charge < -0.3 is 9.84 Å². The molecule has 1 aliphatic heterocycles.